The van der Waals surface area contributed by atoms with E-state index in [1.54, 1.807) is 30.3 Å². The van der Waals surface area contributed by atoms with Crippen LogP contribution in [0.15, 0.2) is 22.5 Å². The Labute approximate surface area is 167 Å². The van der Waals surface area contributed by atoms with Gasteiger partial charge in [0.2, 0.25) is 5.91 Å². The van der Waals surface area contributed by atoms with Gasteiger partial charge in [0, 0.05) is 32.1 Å². The summed E-state index contributed by atoms with van der Waals surface area (Å²) in [5, 5.41) is 8.72. The zero-order valence-electron chi connectivity index (χ0n) is 15.2. The molecule has 1 heterocycles. The van der Waals surface area contributed by atoms with E-state index in [1.165, 1.54) is 11.3 Å². The lowest BCUT2D eigenvalue weighted by molar-refractivity contribution is -0.127. The number of rotatable bonds is 9. The number of aliphatic imine (C=N–C) groups is 1. The van der Waals surface area contributed by atoms with Crippen molar-refractivity contribution >= 4 is 47.2 Å². The van der Waals surface area contributed by atoms with Crippen LogP contribution in [0.25, 0.3) is 0 Å². The molecule has 0 aliphatic heterocycles. The Balaban J connectivity index is 0.00000529. The first-order chi connectivity index (χ1) is 11.0. The van der Waals surface area contributed by atoms with Gasteiger partial charge in [-0.15, -0.1) is 35.3 Å². The number of nitrogens with one attached hydrogen (secondary N) is 2. The molecular formula is C17H31IN4OS. The molecule has 2 N–H and O–H groups in total. The van der Waals surface area contributed by atoms with Gasteiger partial charge in [0.05, 0.1) is 0 Å². The van der Waals surface area contributed by atoms with E-state index in [1.807, 2.05) is 0 Å². The van der Waals surface area contributed by atoms with Gasteiger partial charge in [-0.05, 0) is 36.6 Å². The molecule has 0 aliphatic carbocycles. The maximum absolute atomic E-state index is 11.7. The van der Waals surface area contributed by atoms with Crippen LogP contribution in [0.1, 0.15) is 31.6 Å². The molecule has 0 atom stereocenters. The summed E-state index contributed by atoms with van der Waals surface area (Å²) in [6.07, 6.45) is 3.25. The van der Waals surface area contributed by atoms with Crippen molar-refractivity contribution < 1.29 is 4.79 Å². The van der Waals surface area contributed by atoms with Gasteiger partial charge in [-0.3, -0.25) is 4.79 Å². The van der Waals surface area contributed by atoms with Gasteiger partial charge in [0.25, 0.3) is 0 Å². The van der Waals surface area contributed by atoms with Crippen molar-refractivity contribution in [2.75, 3.05) is 33.7 Å². The van der Waals surface area contributed by atoms with Crippen molar-refractivity contribution in [3.05, 3.63) is 22.4 Å². The van der Waals surface area contributed by atoms with E-state index in [4.69, 9.17) is 0 Å². The Morgan fingerprint density at radius 2 is 2.00 bits per heavy atom. The number of halogens is 1. The number of guanidine groups is 1. The Hall–Kier alpha value is -0.830. The summed E-state index contributed by atoms with van der Waals surface area (Å²) in [5.41, 5.74) is 0. The van der Waals surface area contributed by atoms with Gasteiger partial charge in [-0.1, -0.05) is 19.9 Å². The van der Waals surface area contributed by atoms with Crippen LogP contribution in [0, 0.1) is 5.92 Å². The number of amides is 1. The normalized spacial score (nSPS) is 11.1. The first-order valence-corrected chi connectivity index (χ1v) is 9.11. The van der Waals surface area contributed by atoms with Crippen LogP contribution < -0.4 is 10.6 Å². The van der Waals surface area contributed by atoms with Crippen molar-refractivity contribution in [1.29, 1.82) is 0 Å². The van der Waals surface area contributed by atoms with E-state index in [0.717, 1.165) is 31.9 Å². The second-order valence-corrected chi connectivity index (χ2v) is 7.20. The fraction of sp³-hybridized carbons (Fsp3) is 0.647. The number of carbonyl (C=O) groups is 1. The number of hydrogen-bond donors (Lipinski definition) is 2. The molecule has 138 valence electrons. The molecule has 0 fully saturated rings. The highest BCUT2D eigenvalue weighted by atomic mass is 127. The molecule has 1 aromatic heterocycles. The van der Waals surface area contributed by atoms with E-state index in [2.05, 4.69) is 47.0 Å². The molecule has 24 heavy (non-hydrogen) atoms. The highest BCUT2D eigenvalue weighted by Gasteiger charge is 2.05. The number of carbonyl (C=O) groups excluding carboxylic acids is 1. The molecule has 0 aromatic carbocycles. The van der Waals surface area contributed by atoms with Gasteiger partial charge in [-0.2, -0.15) is 0 Å². The second-order valence-electron chi connectivity index (χ2n) is 6.17. The fourth-order valence-corrected chi connectivity index (χ4v) is 2.65. The minimum absolute atomic E-state index is 0. The van der Waals surface area contributed by atoms with Crippen LogP contribution in [-0.4, -0.2) is 50.5 Å². The second kappa shape index (κ2) is 13.5. The molecule has 0 unspecified atom stereocenters. The number of thiophene rings is 1. The van der Waals surface area contributed by atoms with Crippen LogP contribution in [0.2, 0.25) is 0 Å². The Bertz CT molecular complexity index is 475. The smallest absolute Gasteiger partial charge is 0.243 e. The van der Waals surface area contributed by atoms with E-state index in [0.29, 0.717) is 5.92 Å². The third-order valence-corrected chi connectivity index (χ3v) is 4.30. The fourth-order valence-electron chi connectivity index (χ4n) is 1.94. The summed E-state index contributed by atoms with van der Waals surface area (Å²) >= 11 is 1.76. The Morgan fingerprint density at radius 1 is 1.29 bits per heavy atom. The zero-order valence-corrected chi connectivity index (χ0v) is 18.3. The quantitative estimate of drug-likeness (QED) is 0.255. The molecule has 1 rings (SSSR count). The Kier molecular flexibility index (Phi) is 13.0. The van der Waals surface area contributed by atoms with Crippen molar-refractivity contribution in [1.82, 2.24) is 15.5 Å². The predicted molar refractivity (Wildman–Crippen MR) is 115 cm³/mol. The standard InChI is InChI=1S/C17H30N4OS.HI/c1-14(2)7-5-10-18-17(20-13-16(22)21(3)4)19-11-9-15-8-6-12-23-15;/h6,8,12,14H,5,7,9-11,13H2,1-4H3,(H2,18,19,20);1H. The summed E-state index contributed by atoms with van der Waals surface area (Å²) in [6, 6.07) is 4.20. The SMILES string of the molecule is CC(C)CCCNC(=NCC(=O)N(C)C)NCCc1cccs1.I. The zero-order chi connectivity index (χ0) is 17.1. The Morgan fingerprint density at radius 3 is 2.58 bits per heavy atom. The minimum atomic E-state index is 0. The van der Waals surface area contributed by atoms with Crippen LogP contribution in [-0.2, 0) is 11.2 Å². The van der Waals surface area contributed by atoms with Gasteiger partial charge in [0.1, 0.15) is 6.54 Å². The first-order valence-electron chi connectivity index (χ1n) is 8.23. The summed E-state index contributed by atoms with van der Waals surface area (Å²) in [5.74, 6) is 1.44. The van der Waals surface area contributed by atoms with Crippen LogP contribution in [0.4, 0.5) is 0 Å². The number of likely N-dealkylation sites (N-methyl/N-ethyl adjacent to an activating group) is 1. The third-order valence-electron chi connectivity index (χ3n) is 3.37. The molecule has 0 aliphatic rings. The lowest BCUT2D eigenvalue weighted by atomic mass is 10.1. The highest BCUT2D eigenvalue weighted by molar-refractivity contribution is 14.0. The van der Waals surface area contributed by atoms with E-state index < -0.39 is 0 Å². The lowest BCUT2D eigenvalue weighted by Crippen LogP contribution is -2.40. The number of nitrogens with zero attached hydrogens (tertiary/aromatic N) is 2. The van der Waals surface area contributed by atoms with Crippen molar-refractivity contribution in [2.24, 2.45) is 10.9 Å². The average Bonchev–Trinajstić information content (AvgIpc) is 3.00. The monoisotopic (exact) mass is 466 g/mol. The van der Waals surface area contributed by atoms with E-state index in [9.17, 15) is 4.79 Å². The molecule has 0 spiro atoms. The van der Waals surface area contributed by atoms with Crippen molar-refractivity contribution in [3.8, 4) is 0 Å². The molecule has 0 saturated heterocycles. The minimum Gasteiger partial charge on any atom is -0.356 e. The average molecular weight is 466 g/mol. The van der Waals surface area contributed by atoms with E-state index in [-0.39, 0.29) is 36.4 Å². The van der Waals surface area contributed by atoms with Crippen molar-refractivity contribution in [2.45, 2.75) is 33.1 Å². The van der Waals surface area contributed by atoms with Gasteiger partial charge >= 0.3 is 0 Å². The molecule has 1 aromatic rings. The summed E-state index contributed by atoms with van der Waals surface area (Å²) < 4.78 is 0. The van der Waals surface area contributed by atoms with E-state index >= 15 is 0 Å². The molecule has 0 radical (unpaired) electrons. The van der Waals surface area contributed by atoms with Gasteiger partial charge in [0.15, 0.2) is 5.96 Å². The van der Waals surface area contributed by atoms with Crippen LogP contribution in [0.5, 0.6) is 0 Å². The summed E-state index contributed by atoms with van der Waals surface area (Å²) in [4.78, 5) is 19.0. The molecule has 0 saturated carbocycles. The third kappa shape index (κ3) is 10.9. The van der Waals surface area contributed by atoms with Crippen molar-refractivity contribution in [3.63, 3.8) is 0 Å². The lowest BCUT2D eigenvalue weighted by Gasteiger charge is -2.14. The molecule has 7 heteroatoms. The molecular weight excluding hydrogens is 435 g/mol. The predicted octanol–water partition coefficient (Wildman–Crippen LogP) is 2.97. The maximum Gasteiger partial charge on any atom is 0.243 e. The number of hydrogen-bond acceptors (Lipinski definition) is 3. The summed E-state index contributed by atoms with van der Waals surface area (Å²) in [7, 11) is 3.50. The molecule has 1 amide bonds. The molecule has 5 nitrogen and oxygen atoms in total. The molecule has 0 bridgehead atoms. The summed E-state index contributed by atoms with van der Waals surface area (Å²) in [6.45, 7) is 6.31. The van der Waals surface area contributed by atoms with Crippen LogP contribution >= 0.6 is 35.3 Å². The maximum atomic E-state index is 11.7. The van der Waals surface area contributed by atoms with Gasteiger partial charge in [-0.25, -0.2) is 4.99 Å². The van der Waals surface area contributed by atoms with Gasteiger partial charge < -0.3 is 15.5 Å². The highest BCUT2D eigenvalue weighted by Crippen LogP contribution is 2.08. The van der Waals surface area contributed by atoms with Crippen LogP contribution in [0.3, 0.4) is 0 Å². The first kappa shape index (κ1) is 23.2. The topological polar surface area (TPSA) is 56.7 Å². The largest absolute Gasteiger partial charge is 0.356 e.